The van der Waals surface area contributed by atoms with Crippen LogP contribution in [0.5, 0.6) is 5.75 Å². The minimum absolute atomic E-state index is 0.412. The Balaban J connectivity index is 1.95. The first-order chi connectivity index (χ1) is 13.6. The summed E-state index contributed by atoms with van der Waals surface area (Å²) in [5.74, 6) is 0.977. The van der Waals surface area contributed by atoms with Crippen LogP contribution in [0.2, 0.25) is 0 Å². The highest BCUT2D eigenvalue weighted by Gasteiger charge is 2.19. The summed E-state index contributed by atoms with van der Waals surface area (Å²) in [6.07, 6.45) is 0. The summed E-state index contributed by atoms with van der Waals surface area (Å²) in [6, 6.07) is 17.2. The molecule has 0 aliphatic carbocycles. The fourth-order valence-corrected chi connectivity index (χ4v) is 3.15. The van der Waals surface area contributed by atoms with Crippen molar-refractivity contribution in [2.24, 2.45) is 0 Å². The average molecular weight is 373 g/mol. The molecular weight excluding hydrogens is 354 g/mol. The molecule has 2 aromatic heterocycles. The lowest BCUT2D eigenvalue weighted by Crippen LogP contribution is -2.07. The van der Waals surface area contributed by atoms with Gasteiger partial charge in [0.05, 0.1) is 42.2 Å². The summed E-state index contributed by atoms with van der Waals surface area (Å²) in [5.41, 5.74) is 5.12. The van der Waals surface area contributed by atoms with E-state index in [-0.39, 0.29) is 0 Å². The van der Waals surface area contributed by atoms with Crippen LogP contribution in [0.4, 0.5) is 0 Å². The SMILES string of the molecule is COC(=O)c1cc(-c2nc3ccccc3[nH]2)c(-c2ccc(OC)cc2)nc1C. The molecule has 0 fully saturated rings. The van der Waals surface area contributed by atoms with Crippen LogP contribution in [0.15, 0.2) is 54.6 Å². The van der Waals surface area contributed by atoms with Gasteiger partial charge in [0.15, 0.2) is 0 Å². The fourth-order valence-electron chi connectivity index (χ4n) is 3.15. The van der Waals surface area contributed by atoms with E-state index in [9.17, 15) is 4.79 Å². The molecule has 2 heterocycles. The minimum Gasteiger partial charge on any atom is -0.497 e. The first-order valence-corrected chi connectivity index (χ1v) is 8.80. The first kappa shape index (κ1) is 17.7. The van der Waals surface area contributed by atoms with Gasteiger partial charge in [0.1, 0.15) is 11.6 Å². The quantitative estimate of drug-likeness (QED) is 0.537. The van der Waals surface area contributed by atoms with Crippen molar-refractivity contribution in [2.75, 3.05) is 14.2 Å². The average Bonchev–Trinajstić information content (AvgIpc) is 3.17. The number of ether oxygens (including phenoxy) is 2. The highest BCUT2D eigenvalue weighted by atomic mass is 16.5. The van der Waals surface area contributed by atoms with Crippen LogP contribution in [0.1, 0.15) is 16.1 Å². The van der Waals surface area contributed by atoms with Gasteiger partial charge in [-0.05, 0) is 49.4 Å². The molecule has 0 saturated heterocycles. The van der Waals surface area contributed by atoms with Crippen LogP contribution < -0.4 is 4.74 Å². The van der Waals surface area contributed by atoms with Crippen molar-refractivity contribution >= 4 is 17.0 Å². The van der Waals surface area contributed by atoms with E-state index >= 15 is 0 Å². The molecular formula is C22H19N3O3. The van der Waals surface area contributed by atoms with E-state index in [0.717, 1.165) is 33.6 Å². The summed E-state index contributed by atoms with van der Waals surface area (Å²) in [4.78, 5) is 24.9. The lowest BCUT2D eigenvalue weighted by molar-refractivity contribution is 0.0599. The molecule has 0 saturated carbocycles. The number of benzene rings is 2. The number of nitrogens with zero attached hydrogens (tertiary/aromatic N) is 2. The Hall–Kier alpha value is -3.67. The number of hydrogen-bond donors (Lipinski definition) is 1. The molecule has 6 heteroatoms. The van der Waals surface area contributed by atoms with Crippen LogP contribution in [0.25, 0.3) is 33.7 Å². The summed E-state index contributed by atoms with van der Waals surface area (Å²) in [7, 11) is 2.99. The van der Waals surface area contributed by atoms with Crippen molar-refractivity contribution in [3.8, 4) is 28.4 Å². The number of para-hydroxylation sites is 2. The number of H-pyrrole nitrogens is 1. The van der Waals surface area contributed by atoms with E-state index in [1.807, 2.05) is 48.5 Å². The van der Waals surface area contributed by atoms with Gasteiger partial charge in [0, 0.05) is 11.1 Å². The second-order valence-corrected chi connectivity index (χ2v) is 6.34. The Bertz CT molecular complexity index is 1130. The molecule has 28 heavy (non-hydrogen) atoms. The second kappa shape index (κ2) is 7.15. The number of rotatable bonds is 4. The van der Waals surface area contributed by atoms with Crippen molar-refractivity contribution in [1.29, 1.82) is 0 Å². The first-order valence-electron chi connectivity index (χ1n) is 8.80. The molecule has 2 aromatic carbocycles. The molecule has 140 valence electrons. The molecule has 0 aliphatic heterocycles. The van der Waals surface area contributed by atoms with Gasteiger partial charge in [0.2, 0.25) is 0 Å². The predicted molar refractivity (Wildman–Crippen MR) is 107 cm³/mol. The third-order valence-corrected chi connectivity index (χ3v) is 4.63. The zero-order chi connectivity index (χ0) is 19.7. The highest BCUT2D eigenvalue weighted by Crippen LogP contribution is 2.33. The summed E-state index contributed by atoms with van der Waals surface area (Å²) >= 11 is 0. The third-order valence-electron chi connectivity index (χ3n) is 4.63. The number of hydrogen-bond acceptors (Lipinski definition) is 5. The lowest BCUT2D eigenvalue weighted by Gasteiger charge is -2.12. The standard InChI is InChI=1S/C22H19N3O3/c1-13-16(22(26)28-3)12-17(21-24-18-6-4-5-7-19(18)25-21)20(23-13)14-8-10-15(27-2)11-9-14/h4-12H,1-3H3,(H,24,25). The number of aryl methyl sites for hydroxylation is 1. The summed E-state index contributed by atoms with van der Waals surface area (Å²) < 4.78 is 10.2. The van der Waals surface area contributed by atoms with E-state index in [2.05, 4.69) is 9.97 Å². The van der Waals surface area contributed by atoms with Crippen LogP contribution in [0, 0.1) is 6.92 Å². The molecule has 6 nitrogen and oxygen atoms in total. The van der Waals surface area contributed by atoms with Crippen molar-refractivity contribution < 1.29 is 14.3 Å². The number of nitrogens with one attached hydrogen (secondary N) is 1. The van der Waals surface area contributed by atoms with Gasteiger partial charge in [-0.1, -0.05) is 12.1 Å². The van der Waals surface area contributed by atoms with E-state index in [4.69, 9.17) is 14.5 Å². The molecule has 4 rings (SSSR count). The van der Waals surface area contributed by atoms with E-state index in [1.165, 1.54) is 7.11 Å². The van der Waals surface area contributed by atoms with Crippen molar-refractivity contribution in [3.63, 3.8) is 0 Å². The monoisotopic (exact) mass is 373 g/mol. The van der Waals surface area contributed by atoms with Gasteiger partial charge in [-0.2, -0.15) is 0 Å². The maximum Gasteiger partial charge on any atom is 0.339 e. The normalized spacial score (nSPS) is 10.8. The summed E-state index contributed by atoms with van der Waals surface area (Å²) in [5, 5.41) is 0. The topological polar surface area (TPSA) is 77.1 Å². The Morgan fingerprint density at radius 3 is 2.43 bits per heavy atom. The molecule has 0 aliphatic rings. The number of methoxy groups -OCH3 is 2. The van der Waals surface area contributed by atoms with Crippen molar-refractivity contribution in [2.45, 2.75) is 6.92 Å². The van der Waals surface area contributed by atoms with Gasteiger partial charge in [-0.25, -0.2) is 9.78 Å². The molecule has 4 aromatic rings. The van der Waals surface area contributed by atoms with Gasteiger partial charge < -0.3 is 14.5 Å². The van der Waals surface area contributed by atoms with E-state index in [1.54, 1.807) is 20.1 Å². The molecule has 0 unspecified atom stereocenters. The smallest absolute Gasteiger partial charge is 0.339 e. The minimum atomic E-state index is -0.427. The number of aromatic nitrogens is 3. The number of imidazole rings is 1. The molecule has 0 spiro atoms. The Kier molecular flexibility index (Phi) is 4.53. The lowest BCUT2D eigenvalue weighted by atomic mass is 10.0. The van der Waals surface area contributed by atoms with Crippen LogP contribution >= 0.6 is 0 Å². The van der Waals surface area contributed by atoms with Gasteiger partial charge in [-0.15, -0.1) is 0 Å². The van der Waals surface area contributed by atoms with E-state index < -0.39 is 5.97 Å². The molecule has 1 N–H and O–H groups in total. The number of aromatic amines is 1. The number of fused-ring (bicyclic) bond motifs is 1. The van der Waals surface area contributed by atoms with Gasteiger partial charge in [-0.3, -0.25) is 4.98 Å². The number of carbonyl (C=O) groups excluding carboxylic acids is 1. The van der Waals surface area contributed by atoms with E-state index in [0.29, 0.717) is 17.1 Å². The van der Waals surface area contributed by atoms with Crippen LogP contribution in [-0.2, 0) is 4.74 Å². The van der Waals surface area contributed by atoms with Crippen molar-refractivity contribution in [1.82, 2.24) is 15.0 Å². The van der Waals surface area contributed by atoms with Gasteiger partial charge in [0.25, 0.3) is 0 Å². The maximum absolute atomic E-state index is 12.2. The van der Waals surface area contributed by atoms with Gasteiger partial charge >= 0.3 is 5.97 Å². The Labute approximate surface area is 162 Å². The largest absolute Gasteiger partial charge is 0.497 e. The third kappa shape index (κ3) is 3.09. The molecule has 0 bridgehead atoms. The Morgan fingerprint density at radius 2 is 1.75 bits per heavy atom. The zero-order valence-corrected chi connectivity index (χ0v) is 15.8. The highest BCUT2D eigenvalue weighted by molar-refractivity contribution is 5.94. The molecule has 0 amide bonds. The van der Waals surface area contributed by atoms with Crippen LogP contribution in [0.3, 0.4) is 0 Å². The molecule has 0 radical (unpaired) electrons. The van der Waals surface area contributed by atoms with Crippen LogP contribution in [-0.4, -0.2) is 35.1 Å². The Morgan fingerprint density at radius 1 is 1.00 bits per heavy atom. The summed E-state index contributed by atoms with van der Waals surface area (Å²) in [6.45, 7) is 1.79. The predicted octanol–water partition coefficient (Wildman–Crippen LogP) is 4.40. The zero-order valence-electron chi connectivity index (χ0n) is 15.8. The number of pyridine rings is 1. The van der Waals surface area contributed by atoms with Crippen molar-refractivity contribution in [3.05, 3.63) is 65.9 Å². The second-order valence-electron chi connectivity index (χ2n) is 6.34. The number of esters is 1. The maximum atomic E-state index is 12.2. The number of carbonyl (C=O) groups is 1. The molecule has 0 atom stereocenters. The fraction of sp³-hybridized carbons (Fsp3) is 0.136.